The van der Waals surface area contributed by atoms with Crippen molar-refractivity contribution in [3.63, 3.8) is 0 Å². The molecule has 0 unspecified atom stereocenters. The maximum atomic E-state index is 13.1. The Balaban J connectivity index is 0.000000143. The number of carbonyl (C=O) groups is 2. The zero-order valence-electron chi connectivity index (χ0n) is 34.9. The zero-order chi connectivity index (χ0) is 40.2. The van der Waals surface area contributed by atoms with E-state index in [9.17, 15) is 19.8 Å². The van der Waals surface area contributed by atoms with Gasteiger partial charge in [-0.2, -0.15) is 5.21 Å². The number of rotatable bonds is 5. The van der Waals surface area contributed by atoms with Crippen molar-refractivity contribution < 1.29 is 19.8 Å². The number of halogens is 1. The average Bonchev–Trinajstić information content (AvgIpc) is 4.02. The summed E-state index contributed by atoms with van der Waals surface area (Å²) in [7, 11) is 0. The van der Waals surface area contributed by atoms with Crippen LogP contribution < -0.4 is 0 Å². The molecular formula is C44H69BrN8O4. The van der Waals surface area contributed by atoms with Gasteiger partial charge in [0, 0.05) is 11.8 Å². The molecular weight excluding hydrogens is 784 g/mol. The fraction of sp³-hybridized carbons (Fsp3) is 0.909. The first-order valence-corrected chi connectivity index (χ1v) is 23.8. The van der Waals surface area contributed by atoms with Crippen LogP contribution in [0.3, 0.4) is 0 Å². The Bertz CT molecular complexity index is 1660. The quantitative estimate of drug-likeness (QED) is 0.257. The minimum atomic E-state index is -0.446. The van der Waals surface area contributed by atoms with Gasteiger partial charge in [-0.25, -0.2) is 4.68 Å². The van der Waals surface area contributed by atoms with Crippen molar-refractivity contribution >= 4 is 27.5 Å². The number of nitrogens with zero attached hydrogens (tertiary/aromatic N) is 7. The fourth-order valence-electron chi connectivity index (χ4n) is 16.0. The van der Waals surface area contributed by atoms with Crippen LogP contribution in [-0.4, -0.2) is 79.1 Å². The summed E-state index contributed by atoms with van der Waals surface area (Å²) < 4.78 is 1.57. The molecule has 0 spiro atoms. The zero-order valence-corrected chi connectivity index (χ0v) is 36.5. The Kier molecular flexibility index (Phi) is 12.0. The molecule has 0 aromatic carbocycles. The number of aromatic amines is 1. The average molecular weight is 854 g/mol. The molecule has 8 aliphatic rings. The van der Waals surface area contributed by atoms with Gasteiger partial charge >= 0.3 is 0 Å². The predicted molar refractivity (Wildman–Crippen MR) is 218 cm³/mol. The number of fused-ring (bicyclic) bond motifs is 10. The van der Waals surface area contributed by atoms with Crippen LogP contribution in [0.2, 0.25) is 0 Å². The molecule has 13 heteroatoms. The van der Waals surface area contributed by atoms with Crippen molar-refractivity contribution in [3.05, 3.63) is 12.7 Å². The first kappa shape index (κ1) is 41.6. The summed E-state index contributed by atoms with van der Waals surface area (Å²) in [4.78, 5) is 25.5. The second-order valence-electron chi connectivity index (χ2n) is 21.3. The normalized spacial score (nSPS) is 46.9. The smallest absolute Gasteiger partial charge is 0.161 e. The van der Waals surface area contributed by atoms with Crippen LogP contribution in [0.1, 0.15) is 143 Å². The third-order valence-electron chi connectivity index (χ3n) is 18.4. The Labute approximate surface area is 347 Å². The van der Waals surface area contributed by atoms with E-state index in [1.807, 2.05) is 13.8 Å². The number of alkyl halides is 1. The summed E-state index contributed by atoms with van der Waals surface area (Å²) in [6.45, 7) is 9.23. The molecule has 10 rings (SSSR count). The largest absolute Gasteiger partial charge is 0.390 e. The van der Waals surface area contributed by atoms with Crippen LogP contribution in [0.4, 0.5) is 0 Å². The maximum Gasteiger partial charge on any atom is 0.161 e. The van der Waals surface area contributed by atoms with E-state index in [2.05, 4.69) is 65.9 Å². The summed E-state index contributed by atoms with van der Waals surface area (Å²) in [6.07, 6.45) is 24.2. The predicted octanol–water partition coefficient (Wildman–Crippen LogP) is 7.43. The van der Waals surface area contributed by atoms with Gasteiger partial charge in [-0.1, -0.05) is 35.0 Å². The molecule has 16 atom stereocenters. The highest BCUT2D eigenvalue weighted by atomic mass is 79.9. The fourth-order valence-corrected chi connectivity index (χ4v) is 16.4. The van der Waals surface area contributed by atoms with Crippen LogP contribution >= 0.6 is 15.9 Å². The molecule has 3 N–H and O–H groups in total. The van der Waals surface area contributed by atoms with E-state index in [1.54, 1.807) is 11.0 Å². The number of aliphatic hydroxyl groups is 2. The van der Waals surface area contributed by atoms with Crippen molar-refractivity contribution in [2.75, 3.05) is 5.33 Å². The lowest BCUT2D eigenvalue weighted by molar-refractivity contribution is -0.133. The van der Waals surface area contributed by atoms with Gasteiger partial charge in [-0.3, -0.25) is 9.59 Å². The number of tetrazole rings is 2. The lowest BCUT2D eigenvalue weighted by atomic mass is 9.49. The Morgan fingerprint density at radius 2 is 1.19 bits per heavy atom. The van der Waals surface area contributed by atoms with Gasteiger partial charge in [0.25, 0.3) is 0 Å². The highest BCUT2D eigenvalue weighted by Gasteiger charge is 2.60. The number of aromatic nitrogens is 8. The van der Waals surface area contributed by atoms with Gasteiger partial charge in [-0.15, -0.1) is 15.3 Å². The van der Waals surface area contributed by atoms with Crippen molar-refractivity contribution in [3.8, 4) is 0 Å². The van der Waals surface area contributed by atoms with Crippen LogP contribution in [0.5, 0.6) is 0 Å². The molecule has 8 saturated carbocycles. The molecule has 8 fully saturated rings. The SMILES string of the molecule is C[C@@]1(O)CC[C@H]2[C@H](CC[C@@H]3[C@@H]2CC[C@]2(C)[C@@H](C(=O)CBr)CC[C@@H]32)C1.C[C@@]1(O)CC[C@H]2[C@H](CC[C@@H]3[C@@H]2CC[C@]2(C)[C@@H](C(=O)Cn4cnnn4)CC[C@@H]32)C1.c1nn[nH]n1. The van der Waals surface area contributed by atoms with Crippen molar-refractivity contribution in [1.29, 1.82) is 0 Å². The first-order chi connectivity index (χ1) is 27.2. The van der Waals surface area contributed by atoms with E-state index < -0.39 is 11.2 Å². The topological polar surface area (TPSA) is 173 Å². The maximum absolute atomic E-state index is 13.1. The van der Waals surface area contributed by atoms with Crippen LogP contribution in [0.25, 0.3) is 0 Å². The minimum absolute atomic E-state index is 0.152. The standard InChI is InChI=1S/C22H34N4O2.C21H33BrO2.CH2N4/c1-21(28)9-7-15-14(11-21)3-4-17-16(15)8-10-22(2)18(17)5-6-19(22)20(27)12-26-13-23-24-25-26;1-20(24)9-7-14-13(11-20)3-4-16-15(14)8-10-21(2)17(16)5-6-18(21)19(23)12-22;1-2-4-5-3-1/h13-19,28H,3-12H2,1-2H3;13-18,24H,3-12H2,1-2H3;1H,(H,2,3,4,5)/t14-,15+,16-,17-,18+,19-,21-,22+;13-,14+,15-,16-,17+,18-,20-,21+;/m11./s1. The number of Topliss-reactive ketones (excluding diaryl/α,β-unsaturated/α-hetero) is 2. The van der Waals surface area contributed by atoms with Crippen LogP contribution in [0, 0.1) is 81.8 Å². The second-order valence-corrected chi connectivity index (χ2v) is 21.9. The summed E-state index contributed by atoms with van der Waals surface area (Å²) in [5, 5.41) is 45.0. The van der Waals surface area contributed by atoms with Gasteiger partial charge in [-0.05, 0) is 210 Å². The number of nitrogens with one attached hydrogen (secondary N) is 1. The van der Waals surface area contributed by atoms with E-state index in [0.29, 0.717) is 41.2 Å². The molecule has 0 saturated heterocycles. The van der Waals surface area contributed by atoms with Crippen molar-refractivity contribution in [2.45, 2.75) is 161 Å². The number of ketones is 2. The highest BCUT2D eigenvalue weighted by molar-refractivity contribution is 9.09. The monoisotopic (exact) mass is 852 g/mol. The molecule has 8 aliphatic carbocycles. The third-order valence-corrected chi connectivity index (χ3v) is 18.9. The van der Waals surface area contributed by atoms with Crippen molar-refractivity contribution in [1.82, 2.24) is 40.8 Å². The Hall–Kier alpha value is -2.12. The van der Waals surface area contributed by atoms with E-state index in [0.717, 1.165) is 85.9 Å². The van der Waals surface area contributed by atoms with Gasteiger partial charge in [0.1, 0.15) is 18.7 Å². The number of H-pyrrole nitrogens is 1. The molecule has 316 valence electrons. The molecule has 2 aromatic heterocycles. The Morgan fingerprint density at radius 3 is 1.63 bits per heavy atom. The number of carbonyl (C=O) groups excluding carboxylic acids is 2. The Morgan fingerprint density at radius 1 is 0.667 bits per heavy atom. The van der Waals surface area contributed by atoms with Gasteiger partial charge in [0.15, 0.2) is 12.1 Å². The van der Waals surface area contributed by atoms with E-state index in [-0.39, 0.29) is 16.7 Å². The lowest BCUT2D eigenvalue weighted by Gasteiger charge is -2.56. The summed E-state index contributed by atoms with van der Waals surface area (Å²) >= 11 is 3.42. The number of hydrogen-bond donors (Lipinski definition) is 3. The first-order valence-electron chi connectivity index (χ1n) is 22.7. The van der Waals surface area contributed by atoms with E-state index in [1.165, 1.54) is 83.4 Å². The van der Waals surface area contributed by atoms with E-state index in [4.69, 9.17) is 0 Å². The van der Waals surface area contributed by atoms with E-state index >= 15 is 0 Å². The second kappa shape index (κ2) is 16.4. The lowest BCUT2D eigenvalue weighted by Crippen LogP contribution is -2.51. The van der Waals surface area contributed by atoms with Crippen LogP contribution in [-0.2, 0) is 16.1 Å². The molecule has 12 nitrogen and oxygen atoms in total. The van der Waals surface area contributed by atoms with Gasteiger partial charge in [0.05, 0.1) is 16.5 Å². The summed E-state index contributed by atoms with van der Waals surface area (Å²) in [5.74, 6) is 9.13. The molecule has 0 amide bonds. The summed E-state index contributed by atoms with van der Waals surface area (Å²) in [5.41, 5.74) is -0.450. The third kappa shape index (κ3) is 8.09. The molecule has 0 radical (unpaired) electrons. The molecule has 0 aliphatic heterocycles. The van der Waals surface area contributed by atoms with Gasteiger partial charge in [0.2, 0.25) is 0 Å². The molecule has 57 heavy (non-hydrogen) atoms. The molecule has 2 aromatic rings. The molecule has 2 heterocycles. The van der Waals surface area contributed by atoms with Crippen molar-refractivity contribution in [2.24, 2.45) is 81.8 Å². The number of hydrogen-bond acceptors (Lipinski definition) is 10. The minimum Gasteiger partial charge on any atom is -0.390 e. The van der Waals surface area contributed by atoms with Gasteiger partial charge < -0.3 is 10.2 Å². The molecule has 0 bridgehead atoms. The highest BCUT2D eigenvalue weighted by Crippen LogP contribution is 2.66. The summed E-state index contributed by atoms with van der Waals surface area (Å²) in [6, 6.07) is 0. The van der Waals surface area contributed by atoms with Crippen LogP contribution in [0.15, 0.2) is 12.7 Å².